The number of thiazole rings is 1. The van der Waals surface area contributed by atoms with Gasteiger partial charge in [-0.05, 0) is 24.6 Å². The third-order valence-electron chi connectivity index (χ3n) is 1.99. The van der Waals surface area contributed by atoms with E-state index in [2.05, 4.69) is 10.3 Å². The van der Waals surface area contributed by atoms with Crippen molar-refractivity contribution < 1.29 is 4.79 Å². The maximum Gasteiger partial charge on any atom is 0.223 e. The SMILES string of the molecule is CC(=O)Nc1nc2c(C)cc(N)cc2s1. The van der Waals surface area contributed by atoms with E-state index in [1.165, 1.54) is 18.3 Å². The van der Waals surface area contributed by atoms with E-state index in [-0.39, 0.29) is 5.91 Å². The highest BCUT2D eigenvalue weighted by Gasteiger charge is 2.07. The molecule has 0 atom stereocenters. The Kier molecular flexibility index (Phi) is 2.32. The summed E-state index contributed by atoms with van der Waals surface area (Å²) in [6.45, 7) is 3.42. The van der Waals surface area contributed by atoms with Crippen molar-refractivity contribution in [2.75, 3.05) is 11.1 Å². The predicted molar refractivity (Wildman–Crippen MR) is 63.1 cm³/mol. The molecule has 0 aliphatic heterocycles. The van der Waals surface area contributed by atoms with Crippen molar-refractivity contribution in [1.82, 2.24) is 4.98 Å². The van der Waals surface area contributed by atoms with Crippen molar-refractivity contribution >= 4 is 38.3 Å². The van der Waals surface area contributed by atoms with Crippen molar-refractivity contribution in [1.29, 1.82) is 0 Å². The quantitative estimate of drug-likeness (QED) is 0.725. The average molecular weight is 221 g/mol. The lowest BCUT2D eigenvalue weighted by atomic mass is 10.2. The van der Waals surface area contributed by atoms with Crippen LogP contribution in [-0.4, -0.2) is 10.9 Å². The van der Waals surface area contributed by atoms with Gasteiger partial charge < -0.3 is 11.1 Å². The molecule has 0 aliphatic carbocycles. The van der Waals surface area contributed by atoms with E-state index in [1.807, 2.05) is 19.1 Å². The Morgan fingerprint density at radius 1 is 1.53 bits per heavy atom. The van der Waals surface area contributed by atoms with Crippen molar-refractivity contribution in [3.63, 3.8) is 0 Å². The molecule has 0 bridgehead atoms. The first kappa shape index (κ1) is 9.92. The van der Waals surface area contributed by atoms with Crippen LogP contribution in [0, 0.1) is 6.92 Å². The Balaban J connectivity index is 2.55. The van der Waals surface area contributed by atoms with Gasteiger partial charge in [0.05, 0.1) is 10.2 Å². The van der Waals surface area contributed by atoms with Crippen LogP contribution in [0.5, 0.6) is 0 Å². The third-order valence-corrected chi connectivity index (χ3v) is 2.91. The number of hydrogen-bond donors (Lipinski definition) is 2. The molecule has 0 radical (unpaired) electrons. The van der Waals surface area contributed by atoms with E-state index >= 15 is 0 Å². The number of anilines is 2. The number of nitrogens with zero attached hydrogens (tertiary/aromatic N) is 1. The number of rotatable bonds is 1. The highest BCUT2D eigenvalue weighted by molar-refractivity contribution is 7.22. The van der Waals surface area contributed by atoms with Crippen LogP contribution in [0.25, 0.3) is 10.2 Å². The minimum atomic E-state index is -0.111. The Labute approximate surface area is 91.1 Å². The van der Waals surface area contributed by atoms with Gasteiger partial charge in [-0.3, -0.25) is 4.79 Å². The Morgan fingerprint density at radius 2 is 2.27 bits per heavy atom. The molecular formula is C10H11N3OS. The van der Waals surface area contributed by atoms with Gasteiger partial charge in [-0.2, -0.15) is 0 Å². The molecule has 0 spiro atoms. The summed E-state index contributed by atoms with van der Waals surface area (Å²) in [7, 11) is 0. The number of benzene rings is 1. The lowest BCUT2D eigenvalue weighted by Crippen LogP contribution is -2.04. The minimum absolute atomic E-state index is 0.111. The van der Waals surface area contributed by atoms with Gasteiger partial charge in [0.2, 0.25) is 5.91 Å². The van der Waals surface area contributed by atoms with E-state index in [4.69, 9.17) is 5.73 Å². The molecule has 1 aromatic heterocycles. The van der Waals surface area contributed by atoms with Gasteiger partial charge in [-0.15, -0.1) is 0 Å². The van der Waals surface area contributed by atoms with E-state index in [0.717, 1.165) is 21.5 Å². The summed E-state index contributed by atoms with van der Waals surface area (Å²) in [5, 5.41) is 3.29. The Morgan fingerprint density at radius 3 is 2.93 bits per heavy atom. The fourth-order valence-corrected chi connectivity index (χ4v) is 2.47. The summed E-state index contributed by atoms with van der Waals surface area (Å²) < 4.78 is 0.997. The summed E-state index contributed by atoms with van der Waals surface area (Å²) in [4.78, 5) is 15.2. The van der Waals surface area contributed by atoms with E-state index in [1.54, 1.807) is 0 Å². The molecule has 0 fully saturated rings. The summed E-state index contributed by atoms with van der Waals surface area (Å²) in [6, 6.07) is 3.74. The zero-order valence-electron chi connectivity index (χ0n) is 8.50. The molecule has 5 heteroatoms. The molecular weight excluding hydrogens is 210 g/mol. The van der Waals surface area contributed by atoms with Crippen LogP contribution in [0.3, 0.4) is 0 Å². The van der Waals surface area contributed by atoms with Gasteiger partial charge in [0, 0.05) is 12.6 Å². The fraction of sp³-hybridized carbons (Fsp3) is 0.200. The van der Waals surface area contributed by atoms with Crippen LogP contribution in [0.15, 0.2) is 12.1 Å². The van der Waals surface area contributed by atoms with Crippen molar-refractivity contribution in [3.05, 3.63) is 17.7 Å². The van der Waals surface area contributed by atoms with E-state index < -0.39 is 0 Å². The van der Waals surface area contributed by atoms with Gasteiger partial charge in [0.1, 0.15) is 0 Å². The van der Waals surface area contributed by atoms with Crippen molar-refractivity contribution in [3.8, 4) is 0 Å². The average Bonchev–Trinajstić information content (AvgIpc) is 2.45. The second-order valence-electron chi connectivity index (χ2n) is 3.38. The Hall–Kier alpha value is -1.62. The monoisotopic (exact) mass is 221 g/mol. The molecule has 78 valence electrons. The zero-order valence-corrected chi connectivity index (χ0v) is 9.31. The topological polar surface area (TPSA) is 68.0 Å². The number of amides is 1. The molecule has 1 aromatic carbocycles. The van der Waals surface area contributed by atoms with Crippen LogP contribution in [0.2, 0.25) is 0 Å². The smallest absolute Gasteiger partial charge is 0.223 e. The highest BCUT2D eigenvalue weighted by atomic mass is 32.1. The molecule has 3 N–H and O–H groups in total. The number of nitrogen functional groups attached to an aromatic ring is 1. The standard InChI is InChI=1S/C10H11N3OS/c1-5-3-7(11)4-8-9(5)13-10(15-8)12-6(2)14/h3-4H,11H2,1-2H3,(H,12,13,14). The summed E-state index contributed by atoms with van der Waals surface area (Å²) in [5.41, 5.74) is 8.37. The maximum absolute atomic E-state index is 10.9. The van der Waals surface area contributed by atoms with Gasteiger partial charge in [-0.1, -0.05) is 11.3 Å². The van der Waals surface area contributed by atoms with Crippen LogP contribution >= 0.6 is 11.3 Å². The summed E-state index contributed by atoms with van der Waals surface area (Å²) >= 11 is 1.43. The van der Waals surface area contributed by atoms with Crippen molar-refractivity contribution in [2.45, 2.75) is 13.8 Å². The first-order valence-electron chi connectivity index (χ1n) is 4.50. The van der Waals surface area contributed by atoms with Gasteiger partial charge in [0.15, 0.2) is 5.13 Å². The first-order chi connectivity index (χ1) is 7.06. The fourth-order valence-electron chi connectivity index (χ4n) is 1.43. The van der Waals surface area contributed by atoms with Crippen LogP contribution in [0.1, 0.15) is 12.5 Å². The van der Waals surface area contributed by atoms with E-state index in [9.17, 15) is 4.79 Å². The molecule has 0 saturated carbocycles. The molecule has 15 heavy (non-hydrogen) atoms. The highest BCUT2D eigenvalue weighted by Crippen LogP contribution is 2.29. The van der Waals surface area contributed by atoms with Gasteiger partial charge >= 0.3 is 0 Å². The number of nitrogens with two attached hydrogens (primary N) is 1. The zero-order chi connectivity index (χ0) is 11.0. The molecule has 1 amide bonds. The summed E-state index contributed by atoms with van der Waals surface area (Å²) in [5.74, 6) is -0.111. The molecule has 2 rings (SSSR count). The third kappa shape index (κ3) is 1.92. The van der Waals surface area contributed by atoms with Crippen LogP contribution in [-0.2, 0) is 4.79 Å². The van der Waals surface area contributed by atoms with Gasteiger partial charge in [-0.25, -0.2) is 4.98 Å². The predicted octanol–water partition coefficient (Wildman–Crippen LogP) is 2.15. The molecule has 1 heterocycles. The second-order valence-corrected chi connectivity index (χ2v) is 4.42. The van der Waals surface area contributed by atoms with Gasteiger partial charge in [0.25, 0.3) is 0 Å². The lowest BCUT2D eigenvalue weighted by Gasteiger charge is -1.95. The second kappa shape index (κ2) is 3.51. The normalized spacial score (nSPS) is 10.5. The molecule has 0 aliphatic rings. The number of carbonyl (C=O) groups excluding carboxylic acids is 1. The molecule has 2 aromatic rings. The first-order valence-corrected chi connectivity index (χ1v) is 5.32. The van der Waals surface area contributed by atoms with Crippen LogP contribution < -0.4 is 11.1 Å². The summed E-state index contributed by atoms with van der Waals surface area (Å²) in [6.07, 6.45) is 0. The Bertz CT molecular complexity index is 533. The number of nitrogens with one attached hydrogen (secondary N) is 1. The maximum atomic E-state index is 10.9. The number of aromatic nitrogens is 1. The molecule has 0 unspecified atom stereocenters. The number of hydrogen-bond acceptors (Lipinski definition) is 4. The van der Waals surface area contributed by atoms with Crippen molar-refractivity contribution in [2.24, 2.45) is 0 Å². The number of aryl methyl sites for hydroxylation is 1. The number of carbonyl (C=O) groups is 1. The number of fused-ring (bicyclic) bond motifs is 1. The van der Waals surface area contributed by atoms with Crippen LogP contribution in [0.4, 0.5) is 10.8 Å². The molecule has 4 nitrogen and oxygen atoms in total. The minimum Gasteiger partial charge on any atom is -0.399 e. The molecule has 0 saturated heterocycles. The largest absolute Gasteiger partial charge is 0.399 e. The van der Waals surface area contributed by atoms with E-state index in [0.29, 0.717) is 5.13 Å². The lowest BCUT2D eigenvalue weighted by molar-refractivity contribution is -0.114.